The first-order valence-corrected chi connectivity index (χ1v) is 9.41. The third kappa shape index (κ3) is 3.80. The van der Waals surface area contributed by atoms with Gasteiger partial charge >= 0.3 is 0 Å². The summed E-state index contributed by atoms with van der Waals surface area (Å²) in [7, 11) is 0. The molecule has 0 unspecified atom stereocenters. The van der Waals surface area contributed by atoms with Gasteiger partial charge in [-0.1, -0.05) is 6.92 Å². The van der Waals surface area contributed by atoms with Gasteiger partial charge in [0.1, 0.15) is 16.8 Å². The van der Waals surface area contributed by atoms with E-state index in [0.29, 0.717) is 22.8 Å². The molecule has 0 aliphatic carbocycles. The molecule has 0 saturated carbocycles. The number of amides is 1. The number of H-pyrrole nitrogens is 1. The molecule has 7 nitrogen and oxygen atoms in total. The van der Waals surface area contributed by atoms with Crippen molar-refractivity contribution in [2.75, 3.05) is 11.9 Å². The number of hydrogen-bond donors (Lipinski definition) is 2. The Labute approximate surface area is 159 Å². The van der Waals surface area contributed by atoms with Gasteiger partial charge in [0, 0.05) is 16.5 Å². The van der Waals surface area contributed by atoms with Crippen LogP contribution in [0.5, 0.6) is 5.75 Å². The van der Waals surface area contributed by atoms with Crippen molar-refractivity contribution in [3.63, 3.8) is 0 Å². The van der Waals surface area contributed by atoms with E-state index in [-0.39, 0.29) is 5.91 Å². The largest absolute Gasteiger partial charge is 0.494 e. The summed E-state index contributed by atoms with van der Waals surface area (Å²) < 4.78 is 5.59. The maximum absolute atomic E-state index is 12.5. The van der Waals surface area contributed by atoms with Crippen LogP contribution in [0.15, 0.2) is 47.8 Å². The predicted molar refractivity (Wildman–Crippen MR) is 105 cm³/mol. The molecule has 4 rings (SSSR count). The van der Waals surface area contributed by atoms with Crippen LogP contribution < -0.4 is 10.1 Å². The van der Waals surface area contributed by atoms with Gasteiger partial charge in [-0.05, 0) is 48.9 Å². The fourth-order valence-corrected chi connectivity index (χ4v) is 3.27. The SMILES string of the molecule is CCCOc1ccc(-c2csc(NC(=O)c3ccc4n[nH]nc4c3)n2)cc1. The van der Waals surface area contributed by atoms with Crippen LogP contribution in [0, 0.1) is 0 Å². The maximum atomic E-state index is 12.5. The van der Waals surface area contributed by atoms with Gasteiger partial charge in [-0.2, -0.15) is 15.4 Å². The summed E-state index contributed by atoms with van der Waals surface area (Å²) in [4.78, 5) is 17.0. The normalized spacial score (nSPS) is 10.9. The Morgan fingerprint density at radius 2 is 1.96 bits per heavy atom. The Balaban J connectivity index is 1.46. The van der Waals surface area contributed by atoms with Gasteiger partial charge in [-0.3, -0.25) is 10.1 Å². The highest BCUT2D eigenvalue weighted by molar-refractivity contribution is 7.14. The van der Waals surface area contributed by atoms with Gasteiger partial charge in [0.05, 0.1) is 12.3 Å². The fraction of sp³-hybridized carbons (Fsp3) is 0.158. The van der Waals surface area contributed by atoms with Crippen LogP contribution in [-0.2, 0) is 0 Å². The zero-order valence-corrected chi connectivity index (χ0v) is 15.4. The average molecular weight is 379 g/mol. The van der Waals surface area contributed by atoms with Crippen LogP contribution in [0.25, 0.3) is 22.3 Å². The lowest BCUT2D eigenvalue weighted by molar-refractivity contribution is 0.102. The number of rotatable bonds is 6. The predicted octanol–water partition coefficient (Wildman–Crippen LogP) is 4.12. The number of carbonyl (C=O) groups excluding carboxylic acids is 1. The second-order valence-corrected chi connectivity index (χ2v) is 6.75. The van der Waals surface area contributed by atoms with E-state index < -0.39 is 0 Å². The van der Waals surface area contributed by atoms with E-state index >= 15 is 0 Å². The number of hydrogen-bond acceptors (Lipinski definition) is 6. The molecule has 27 heavy (non-hydrogen) atoms. The highest BCUT2D eigenvalue weighted by atomic mass is 32.1. The Morgan fingerprint density at radius 3 is 2.78 bits per heavy atom. The van der Waals surface area contributed by atoms with E-state index in [9.17, 15) is 4.79 Å². The number of nitrogens with one attached hydrogen (secondary N) is 2. The summed E-state index contributed by atoms with van der Waals surface area (Å²) >= 11 is 1.38. The van der Waals surface area contributed by atoms with Crippen molar-refractivity contribution in [2.45, 2.75) is 13.3 Å². The standard InChI is InChI=1S/C19H17N5O2S/c1-2-9-26-14-6-3-12(4-7-14)17-11-27-19(20-17)21-18(25)13-5-8-15-16(10-13)23-24-22-15/h3-8,10-11H,2,9H2,1H3,(H,20,21,25)(H,22,23,24). The number of carbonyl (C=O) groups is 1. The van der Waals surface area contributed by atoms with Crippen LogP contribution in [0.4, 0.5) is 5.13 Å². The zero-order valence-electron chi connectivity index (χ0n) is 14.6. The smallest absolute Gasteiger partial charge is 0.257 e. The fourth-order valence-electron chi connectivity index (χ4n) is 2.56. The minimum absolute atomic E-state index is 0.232. The van der Waals surface area contributed by atoms with Gasteiger partial charge in [0.15, 0.2) is 5.13 Å². The average Bonchev–Trinajstić information content (AvgIpc) is 3.35. The number of fused-ring (bicyclic) bond motifs is 1. The second kappa shape index (κ2) is 7.55. The molecule has 2 N–H and O–H groups in total. The van der Waals surface area contributed by atoms with Crippen molar-refractivity contribution in [2.24, 2.45) is 0 Å². The second-order valence-electron chi connectivity index (χ2n) is 5.89. The van der Waals surface area contributed by atoms with Gasteiger partial charge in [-0.25, -0.2) is 4.98 Å². The Morgan fingerprint density at radius 1 is 1.15 bits per heavy atom. The molecule has 2 aromatic heterocycles. The number of aromatic nitrogens is 4. The van der Waals surface area contributed by atoms with Crippen molar-refractivity contribution >= 4 is 33.4 Å². The zero-order chi connectivity index (χ0) is 18.6. The van der Waals surface area contributed by atoms with E-state index in [0.717, 1.165) is 28.9 Å². The third-order valence-electron chi connectivity index (χ3n) is 3.93. The van der Waals surface area contributed by atoms with E-state index in [2.05, 4.69) is 32.6 Å². The summed E-state index contributed by atoms with van der Waals surface area (Å²) in [5, 5.41) is 15.8. The molecule has 0 aliphatic heterocycles. The summed E-state index contributed by atoms with van der Waals surface area (Å²) in [6.45, 7) is 2.77. The highest BCUT2D eigenvalue weighted by Gasteiger charge is 2.11. The molecule has 1 amide bonds. The molecule has 0 saturated heterocycles. The highest BCUT2D eigenvalue weighted by Crippen LogP contribution is 2.27. The lowest BCUT2D eigenvalue weighted by Gasteiger charge is -2.04. The first-order valence-electron chi connectivity index (χ1n) is 8.53. The Kier molecular flexibility index (Phi) is 4.80. The van der Waals surface area contributed by atoms with Crippen molar-refractivity contribution in [1.29, 1.82) is 0 Å². The first kappa shape index (κ1) is 17.2. The summed E-state index contributed by atoms with van der Waals surface area (Å²) in [6, 6.07) is 12.9. The van der Waals surface area contributed by atoms with Gasteiger partial charge in [-0.15, -0.1) is 11.3 Å². The Bertz CT molecular complexity index is 1070. The molecule has 4 aromatic rings. The summed E-state index contributed by atoms with van der Waals surface area (Å²) in [6.07, 6.45) is 0.973. The minimum Gasteiger partial charge on any atom is -0.494 e. The van der Waals surface area contributed by atoms with E-state index in [1.165, 1.54) is 11.3 Å². The van der Waals surface area contributed by atoms with Crippen LogP contribution in [-0.4, -0.2) is 32.9 Å². The third-order valence-corrected chi connectivity index (χ3v) is 4.68. The van der Waals surface area contributed by atoms with Crippen LogP contribution >= 0.6 is 11.3 Å². The van der Waals surface area contributed by atoms with Crippen LogP contribution in [0.1, 0.15) is 23.7 Å². The molecular formula is C19H17N5O2S. The molecule has 8 heteroatoms. The molecule has 2 aromatic carbocycles. The van der Waals surface area contributed by atoms with Crippen molar-refractivity contribution < 1.29 is 9.53 Å². The number of thiazole rings is 1. The van der Waals surface area contributed by atoms with Crippen molar-refractivity contribution in [3.8, 4) is 17.0 Å². The van der Waals surface area contributed by atoms with Crippen molar-refractivity contribution in [1.82, 2.24) is 20.4 Å². The maximum Gasteiger partial charge on any atom is 0.257 e. The topological polar surface area (TPSA) is 92.8 Å². The number of aromatic amines is 1. The van der Waals surface area contributed by atoms with E-state index in [1.54, 1.807) is 18.2 Å². The molecule has 0 aliphatic rings. The monoisotopic (exact) mass is 379 g/mol. The van der Waals surface area contributed by atoms with Crippen molar-refractivity contribution in [3.05, 3.63) is 53.4 Å². The van der Waals surface area contributed by atoms with Crippen LogP contribution in [0.2, 0.25) is 0 Å². The first-order chi connectivity index (χ1) is 13.2. The molecule has 0 bridgehead atoms. The number of benzene rings is 2. The van der Waals surface area contributed by atoms with Gasteiger partial charge in [0.2, 0.25) is 0 Å². The van der Waals surface area contributed by atoms with Crippen LogP contribution in [0.3, 0.4) is 0 Å². The molecule has 0 fully saturated rings. The number of ether oxygens (including phenoxy) is 1. The van der Waals surface area contributed by atoms with Gasteiger partial charge in [0.25, 0.3) is 5.91 Å². The molecular weight excluding hydrogens is 362 g/mol. The molecule has 0 spiro atoms. The lowest BCUT2D eigenvalue weighted by atomic mass is 10.2. The summed E-state index contributed by atoms with van der Waals surface area (Å²) in [5.41, 5.74) is 3.65. The number of anilines is 1. The molecule has 0 radical (unpaired) electrons. The quantitative estimate of drug-likeness (QED) is 0.526. The minimum atomic E-state index is -0.232. The molecule has 0 atom stereocenters. The summed E-state index contributed by atoms with van der Waals surface area (Å²) in [5.74, 6) is 0.608. The van der Waals surface area contributed by atoms with E-state index in [4.69, 9.17) is 4.74 Å². The number of nitrogens with zero attached hydrogens (tertiary/aromatic N) is 3. The Hall–Kier alpha value is -3.26. The lowest BCUT2D eigenvalue weighted by Crippen LogP contribution is -2.11. The van der Waals surface area contributed by atoms with Gasteiger partial charge < -0.3 is 4.74 Å². The molecule has 2 heterocycles. The van der Waals surface area contributed by atoms with E-state index in [1.807, 2.05) is 29.6 Å². The molecule has 136 valence electrons.